The Labute approximate surface area is 150 Å². The van der Waals surface area contributed by atoms with Gasteiger partial charge >= 0.3 is 5.69 Å². The summed E-state index contributed by atoms with van der Waals surface area (Å²) in [6.07, 6.45) is 0.806. The highest BCUT2D eigenvalue weighted by atomic mass is 16.5. The zero-order valence-electron chi connectivity index (χ0n) is 14.2. The molecule has 130 valence electrons. The van der Waals surface area contributed by atoms with Crippen molar-refractivity contribution in [3.8, 4) is 17.0 Å². The molecule has 0 aliphatic carbocycles. The molecule has 6 nitrogen and oxygen atoms in total. The van der Waals surface area contributed by atoms with Crippen LogP contribution in [-0.2, 0) is 6.42 Å². The Kier molecular flexibility index (Phi) is 4.01. The first-order valence-electron chi connectivity index (χ1n) is 8.31. The maximum Gasteiger partial charge on any atom is 0.346 e. The molecule has 0 atom stereocenters. The third kappa shape index (κ3) is 2.86. The number of methoxy groups -OCH3 is 1. The number of carbonyl (C=O) groups excluding carboxylic acids is 1. The minimum absolute atomic E-state index is 0.222. The summed E-state index contributed by atoms with van der Waals surface area (Å²) in [5, 5.41) is 0. The van der Waals surface area contributed by atoms with Crippen molar-refractivity contribution in [3.63, 3.8) is 0 Å². The normalized spacial score (nSPS) is 12.7. The highest BCUT2D eigenvalue weighted by Gasteiger charge is 2.26. The molecule has 0 unspecified atom stereocenters. The number of amides is 1. The first-order valence-corrected chi connectivity index (χ1v) is 8.31. The number of aromatic amines is 1. The van der Waals surface area contributed by atoms with E-state index in [9.17, 15) is 9.59 Å². The summed E-state index contributed by atoms with van der Waals surface area (Å²) in [5.41, 5.74) is 2.83. The van der Waals surface area contributed by atoms with Crippen molar-refractivity contribution in [1.29, 1.82) is 0 Å². The molecule has 0 spiro atoms. The number of hydrogen-bond acceptors (Lipinski definition) is 4. The summed E-state index contributed by atoms with van der Waals surface area (Å²) in [6, 6.07) is 16.6. The van der Waals surface area contributed by atoms with E-state index in [0.717, 1.165) is 17.7 Å². The van der Waals surface area contributed by atoms with E-state index in [0.29, 0.717) is 23.6 Å². The second-order valence-electron chi connectivity index (χ2n) is 6.05. The SMILES string of the molecule is COc1cccc(-c2cc(C(=O)N3CCc4ccccc43)[nH]c(=O)n2)c1. The lowest BCUT2D eigenvalue weighted by Gasteiger charge is -2.17. The lowest BCUT2D eigenvalue weighted by atomic mass is 10.1. The first kappa shape index (κ1) is 16.1. The summed E-state index contributed by atoms with van der Waals surface area (Å²) in [5.74, 6) is 0.421. The van der Waals surface area contributed by atoms with Crippen molar-refractivity contribution in [3.05, 3.63) is 76.3 Å². The van der Waals surface area contributed by atoms with E-state index in [2.05, 4.69) is 9.97 Å². The Morgan fingerprint density at radius 3 is 2.85 bits per heavy atom. The summed E-state index contributed by atoms with van der Waals surface area (Å²) in [4.78, 5) is 33.3. The smallest absolute Gasteiger partial charge is 0.346 e. The number of carbonyl (C=O) groups is 1. The molecule has 1 aromatic heterocycles. The Hall–Kier alpha value is -3.41. The molecule has 4 rings (SSSR count). The molecular formula is C20H17N3O3. The van der Waals surface area contributed by atoms with Crippen molar-refractivity contribution in [2.45, 2.75) is 6.42 Å². The van der Waals surface area contributed by atoms with Crippen LogP contribution >= 0.6 is 0 Å². The molecule has 26 heavy (non-hydrogen) atoms. The van der Waals surface area contributed by atoms with Crippen LogP contribution in [-0.4, -0.2) is 29.5 Å². The van der Waals surface area contributed by atoms with Crippen LogP contribution in [0.25, 0.3) is 11.3 Å². The third-order valence-corrected chi connectivity index (χ3v) is 4.47. The summed E-state index contributed by atoms with van der Waals surface area (Å²) >= 11 is 0. The van der Waals surface area contributed by atoms with E-state index in [1.807, 2.05) is 42.5 Å². The Morgan fingerprint density at radius 1 is 1.15 bits per heavy atom. The average Bonchev–Trinajstić information content (AvgIpc) is 3.11. The van der Waals surface area contributed by atoms with E-state index in [-0.39, 0.29) is 11.6 Å². The second kappa shape index (κ2) is 6.48. The van der Waals surface area contributed by atoms with E-state index in [1.165, 1.54) is 0 Å². The highest BCUT2D eigenvalue weighted by Crippen LogP contribution is 2.29. The maximum atomic E-state index is 13.0. The molecule has 3 aromatic rings. The molecule has 1 aliphatic rings. The number of anilines is 1. The van der Waals surface area contributed by atoms with Gasteiger partial charge in [-0.25, -0.2) is 4.79 Å². The van der Waals surface area contributed by atoms with Gasteiger partial charge in [-0.15, -0.1) is 0 Å². The van der Waals surface area contributed by atoms with E-state index in [1.54, 1.807) is 24.1 Å². The van der Waals surface area contributed by atoms with Gasteiger partial charge in [-0.1, -0.05) is 30.3 Å². The van der Waals surface area contributed by atoms with Crippen LogP contribution in [0.5, 0.6) is 5.75 Å². The predicted octanol–water partition coefficient (Wildman–Crippen LogP) is 2.65. The fraction of sp³-hybridized carbons (Fsp3) is 0.150. The second-order valence-corrected chi connectivity index (χ2v) is 6.05. The number of fused-ring (bicyclic) bond motifs is 1. The van der Waals surface area contributed by atoms with Crippen LogP contribution in [0.2, 0.25) is 0 Å². The number of benzene rings is 2. The summed E-state index contributed by atoms with van der Waals surface area (Å²) in [7, 11) is 1.57. The molecule has 1 amide bonds. The van der Waals surface area contributed by atoms with Crippen molar-refractivity contribution in [2.24, 2.45) is 0 Å². The molecule has 2 heterocycles. The number of hydrogen-bond donors (Lipinski definition) is 1. The number of nitrogens with zero attached hydrogens (tertiary/aromatic N) is 2. The Morgan fingerprint density at radius 2 is 2.00 bits per heavy atom. The van der Waals surface area contributed by atoms with E-state index >= 15 is 0 Å². The van der Waals surface area contributed by atoms with Gasteiger partial charge in [0, 0.05) is 17.8 Å². The van der Waals surface area contributed by atoms with E-state index < -0.39 is 5.69 Å². The Balaban J connectivity index is 1.73. The third-order valence-electron chi connectivity index (χ3n) is 4.47. The maximum absolute atomic E-state index is 13.0. The van der Waals surface area contributed by atoms with E-state index in [4.69, 9.17) is 4.74 Å². The van der Waals surface area contributed by atoms with Crippen LogP contribution in [0.15, 0.2) is 59.4 Å². The lowest BCUT2D eigenvalue weighted by molar-refractivity contribution is 0.0984. The molecule has 0 radical (unpaired) electrons. The van der Waals surface area contributed by atoms with Crippen molar-refractivity contribution in [2.75, 3.05) is 18.6 Å². The molecule has 6 heteroatoms. The molecule has 1 aliphatic heterocycles. The zero-order valence-corrected chi connectivity index (χ0v) is 14.2. The van der Waals surface area contributed by atoms with Gasteiger partial charge in [0.1, 0.15) is 11.4 Å². The number of rotatable bonds is 3. The van der Waals surface area contributed by atoms with Gasteiger partial charge in [-0.3, -0.25) is 4.79 Å². The average molecular weight is 347 g/mol. The number of nitrogens with one attached hydrogen (secondary N) is 1. The molecule has 1 N–H and O–H groups in total. The van der Waals surface area contributed by atoms with Crippen molar-refractivity contribution < 1.29 is 9.53 Å². The zero-order chi connectivity index (χ0) is 18.1. The number of ether oxygens (including phenoxy) is 1. The van der Waals surface area contributed by atoms with Crippen LogP contribution < -0.4 is 15.3 Å². The number of H-pyrrole nitrogens is 1. The topological polar surface area (TPSA) is 75.3 Å². The molecule has 2 aromatic carbocycles. The van der Waals surface area contributed by atoms with Crippen LogP contribution in [0.3, 0.4) is 0 Å². The van der Waals surface area contributed by atoms with Gasteiger partial charge < -0.3 is 14.6 Å². The van der Waals surface area contributed by atoms with Gasteiger partial charge in [0.25, 0.3) is 5.91 Å². The van der Waals surface area contributed by atoms with Gasteiger partial charge in [0.2, 0.25) is 0 Å². The lowest BCUT2D eigenvalue weighted by Crippen LogP contribution is -2.31. The van der Waals surface area contributed by atoms with Crippen LogP contribution in [0.1, 0.15) is 16.1 Å². The van der Waals surface area contributed by atoms with Crippen molar-refractivity contribution >= 4 is 11.6 Å². The Bertz CT molecular complexity index is 1040. The molecular weight excluding hydrogens is 330 g/mol. The van der Waals surface area contributed by atoms with Crippen LogP contribution in [0.4, 0.5) is 5.69 Å². The molecule has 0 saturated heterocycles. The van der Waals surface area contributed by atoms with Gasteiger partial charge in [-0.05, 0) is 36.2 Å². The van der Waals surface area contributed by atoms with Gasteiger partial charge in [-0.2, -0.15) is 4.98 Å². The monoisotopic (exact) mass is 347 g/mol. The largest absolute Gasteiger partial charge is 0.497 e. The molecule has 0 saturated carbocycles. The summed E-state index contributed by atoms with van der Waals surface area (Å²) in [6.45, 7) is 0.594. The fourth-order valence-electron chi connectivity index (χ4n) is 3.20. The van der Waals surface area contributed by atoms with Gasteiger partial charge in [0.05, 0.1) is 12.8 Å². The summed E-state index contributed by atoms with van der Waals surface area (Å²) < 4.78 is 5.22. The quantitative estimate of drug-likeness (QED) is 0.790. The van der Waals surface area contributed by atoms with Gasteiger partial charge in [0.15, 0.2) is 0 Å². The van der Waals surface area contributed by atoms with Crippen molar-refractivity contribution in [1.82, 2.24) is 9.97 Å². The van der Waals surface area contributed by atoms with Crippen LogP contribution in [0, 0.1) is 0 Å². The number of aromatic nitrogens is 2. The fourth-order valence-corrected chi connectivity index (χ4v) is 3.20. The predicted molar refractivity (Wildman–Crippen MR) is 98.7 cm³/mol. The molecule has 0 fully saturated rings. The molecule has 0 bridgehead atoms. The minimum atomic E-state index is -0.554. The first-order chi connectivity index (χ1) is 12.7. The number of para-hydroxylation sites is 1. The minimum Gasteiger partial charge on any atom is -0.497 e. The standard InChI is InChI=1S/C20H17N3O3/c1-26-15-7-4-6-14(11-15)16-12-17(22-20(25)21-16)19(24)23-10-9-13-5-2-3-8-18(13)23/h2-8,11-12H,9-10H2,1H3,(H,21,22,25). The highest BCUT2D eigenvalue weighted by molar-refractivity contribution is 6.06.